The van der Waals surface area contributed by atoms with Crippen molar-refractivity contribution in [2.24, 2.45) is 0 Å². The van der Waals surface area contributed by atoms with Gasteiger partial charge in [-0.05, 0) is 30.2 Å². The summed E-state index contributed by atoms with van der Waals surface area (Å²) in [5, 5.41) is 2.19. The van der Waals surface area contributed by atoms with Gasteiger partial charge in [0.1, 0.15) is 13.1 Å². The van der Waals surface area contributed by atoms with Crippen molar-refractivity contribution in [1.82, 2.24) is 15.1 Å². The van der Waals surface area contributed by atoms with Gasteiger partial charge in [0.25, 0.3) is 0 Å². The van der Waals surface area contributed by atoms with Gasteiger partial charge in [-0.2, -0.15) is 0 Å². The van der Waals surface area contributed by atoms with Gasteiger partial charge in [-0.3, -0.25) is 14.9 Å². The molecule has 0 atom stereocenters. The Balaban J connectivity index is 1.52. The van der Waals surface area contributed by atoms with Crippen LogP contribution in [0.4, 0.5) is 4.79 Å². The molecule has 150 valence electrons. The molecule has 29 heavy (non-hydrogen) atoms. The van der Waals surface area contributed by atoms with E-state index in [1.807, 2.05) is 49.4 Å². The summed E-state index contributed by atoms with van der Waals surface area (Å²) >= 11 is 0. The third-order valence-electron chi connectivity index (χ3n) is 4.85. The predicted molar refractivity (Wildman–Crippen MR) is 103 cm³/mol. The summed E-state index contributed by atoms with van der Waals surface area (Å²) in [6, 6.07) is 12.9. The Labute approximate surface area is 168 Å². The second kappa shape index (κ2) is 7.83. The van der Waals surface area contributed by atoms with Gasteiger partial charge in [0, 0.05) is 13.1 Å². The van der Waals surface area contributed by atoms with Crippen molar-refractivity contribution in [3.63, 3.8) is 0 Å². The molecule has 1 saturated heterocycles. The summed E-state index contributed by atoms with van der Waals surface area (Å²) in [7, 11) is 0. The molecule has 8 heteroatoms. The highest BCUT2D eigenvalue weighted by Crippen LogP contribution is 2.33. The molecule has 0 unspecified atom stereocenters. The number of carbonyl (C=O) groups excluding carboxylic acids is 3. The maximum absolute atomic E-state index is 13.0. The minimum Gasteiger partial charge on any atom is -0.454 e. The molecule has 2 aromatic carbocycles. The number of nitrogens with zero attached hydrogens (tertiary/aromatic N) is 2. The fourth-order valence-electron chi connectivity index (χ4n) is 3.28. The Kier molecular flexibility index (Phi) is 5.07. The first-order chi connectivity index (χ1) is 14.0. The number of hydrogen-bond acceptors (Lipinski definition) is 5. The van der Waals surface area contributed by atoms with Crippen LogP contribution in [0, 0.1) is 6.92 Å². The average Bonchev–Trinajstić information content (AvgIpc) is 3.28. The molecule has 0 aromatic heterocycles. The lowest BCUT2D eigenvalue weighted by molar-refractivity contribution is -0.133. The quantitative estimate of drug-likeness (QED) is 0.754. The maximum atomic E-state index is 13.0. The summed E-state index contributed by atoms with van der Waals surface area (Å²) in [5.41, 5.74) is 3.00. The Morgan fingerprint density at radius 2 is 1.72 bits per heavy atom. The van der Waals surface area contributed by atoms with Crippen LogP contribution in [0.1, 0.15) is 16.7 Å². The van der Waals surface area contributed by atoms with E-state index in [1.165, 1.54) is 4.90 Å². The van der Waals surface area contributed by atoms with E-state index < -0.39 is 11.9 Å². The SMILES string of the molecule is Cc1ccc(CN(Cc2ccc3c(c2)OCO3)C(=O)CN2CC(=O)NC2=O)cc1. The standard InChI is InChI=1S/C21H21N3O5/c1-14-2-4-15(5-3-14)9-23(20(26)12-24-11-19(25)22-21(24)27)10-16-6-7-17-18(8-16)29-13-28-17/h2-8H,9-13H2,1H3,(H,22,25,27). The minimum absolute atomic E-state index is 0.104. The van der Waals surface area contributed by atoms with Crippen LogP contribution < -0.4 is 14.8 Å². The van der Waals surface area contributed by atoms with Gasteiger partial charge in [-0.25, -0.2) is 4.79 Å². The van der Waals surface area contributed by atoms with Gasteiger partial charge in [0.15, 0.2) is 11.5 Å². The van der Waals surface area contributed by atoms with E-state index in [1.54, 1.807) is 4.90 Å². The van der Waals surface area contributed by atoms with Crippen molar-refractivity contribution in [3.8, 4) is 11.5 Å². The van der Waals surface area contributed by atoms with E-state index in [0.717, 1.165) is 16.7 Å². The molecule has 2 heterocycles. The maximum Gasteiger partial charge on any atom is 0.325 e. The number of imide groups is 1. The summed E-state index contributed by atoms with van der Waals surface area (Å²) in [4.78, 5) is 39.1. The summed E-state index contributed by atoms with van der Waals surface area (Å²) in [6.45, 7) is 2.65. The van der Waals surface area contributed by atoms with E-state index in [4.69, 9.17) is 9.47 Å². The molecule has 2 aliphatic rings. The molecule has 0 bridgehead atoms. The number of aryl methyl sites for hydroxylation is 1. The first-order valence-electron chi connectivity index (χ1n) is 9.28. The van der Waals surface area contributed by atoms with Crippen LogP contribution in [-0.4, -0.2) is 47.5 Å². The molecular weight excluding hydrogens is 374 g/mol. The van der Waals surface area contributed by atoms with Crippen LogP contribution in [0.25, 0.3) is 0 Å². The predicted octanol–water partition coefficient (Wildman–Crippen LogP) is 1.80. The van der Waals surface area contributed by atoms with E-state index in [2.05, 4.69) is 5.32 Å². The van der Waals surface area contributed by atoms with Gasteiger partial charge in [-0.1, -0.05) is 35.9 Å². The van der Waals surface area contributed by atoms with E-state index in [9.17, 15) is 14.4 Å². The van der Waals surface area contributed by atoms with Crippen molar-refractivity contribution in [1.29, 1.82) is 0 Å². The van der Waals surface area contributed by atoms with Gasteiger partial charge >= 0.3 is 6.03 Å². The number of fused-ring (bicyclic) bond motifs is 1. The summed E-state index contributed by atoms with van der Waals surface area (Å²) in [5.74, 6) is 0.684. The smallest absolute Gasteiger partial charge is 0.325 e. The second-order valence-electron chi connectivity index (χ2n) is 7.13. The fraction of sp³-hybridized carbons (Fsp3) is 0.286. The first-order valence-corrected chi connectivity index (χ1v) is 9.28. The lowest BCUT2D eigenvalue weighted by atomic mass is 10.1. The molecule has 8 nitrogen and oxygen atoms in total. The van der Waals surface area contributed by atoms with E-state index in [-0.39, 0.29) is 25.8 Å². The number of rotatable bonds is 6. The Hall–Kier alpha value is -3.55. The summed E-state index contributed by atoms with van der Waals surface area (Å²) < 4.78 is 10.8. The third kappa shape index (κ3) is 4.31. The van der Waals surface area contributed by atoms with Crippen molar-refractivity contribution < 1.29 is 23.9 Å². The van der Waals surface area contributed by atoms with Gasteiger partial charge in [-0.15, -0.1) is 0 Å². The molecule has 4 amide bonds. The second-order valence-corrected chi connectivity index (χ2v) is 7.13. The van der Waals surface area contributed by atoms with Crippen molar-refractivity contribution in [2.45, 2.75) is 20.0 Å². The number of ether oxygens (including phenoxy) is 2. The zero-order valence-corrected chi connectivity index (χ0v) is 16.0. The lowest BCUT2D eigenvalue weighted by Gasteiger charge is -2.25. The molecular formula is C21H21N3O5. The van der Waals surface area contributed by atoms with Crippen LogP contribution in [0.15, 0.2) is 42.5 Å². The van der Waals surface area contributed by atoms with Crippen LogP contribution in [0.2, 0.25) is 0 Å². The molecule has 1 N–H and O–H groups in total. The fourth-order valence-corrected chi connectivity index (χ4v) is 3.28. The van der Waals surface area contributed by atoms with E-state index >= 15 is 0 Å². The van der Waals surface area contributed by atoms with E-state index in [0.29, 0.717) is 24.6 Å². The normalized spacial score (nSPS) is 14.9. The Morgan fingerprint density at radius 3 is 2.45 bits per heavy atom. The minimum atomic E-state index is -0.540. The first kappa shape index (κ1) is 18.8. The topological polar surface area (TPSA) is 88.2 Å². The third-order valence-corrected chi connectivity index (χ3v) is 4.85. The average molecular weight is 395 g/mol. The van der Waals surface area contributed by atoms with Crippen LogP contribution >= 0.6 is 0 Å². The molecule has 0 aliphatic carbocycles. The Morgan fingerprint density at radius 1 is 1.03 bits per heavy atom. The molecule has 0 radical (unpaired) electrons. The molecule has 0 spiro atoms. The lowest BCUT2D eigenvalue weighted by Crippen LogP contribution is -2.41. The number of urea groups is 1. The van der Waals surface area contributed by atoms with Crippen molar-refractivity contribution in [2.75, 3.05) is 19.9 Å². The molecule has 2 aliphatic heterocycles. The molecule has 4 rings (SSSR count). The molecule has 2 aromatic rings. The number of benzene rings is 2. The zero-order valence-electron chi connectivity index (χ0n) is 16.0. The molecule has 0 saturated carbocycles. The number of hydrogen-bond donors (Lipinski definition) is 1. The highest BCUT2D eigenvalue weighted by Gasteiger charge is 2.30. The van der Waals surface area contributed by atoms with Gasteiger partial charge in [0.05, 0.1) is 0 Å². The van der Waals surface area contributed by atoms with Crippen molar-refractivity contribution >= 4 is 17.8 Å². The molecule has 1 fully saturated rings. The van der Waals surface area contributed by atoms with Gasteiger partial charge < -0.3 is 19.3 Å². The number of carbonyl (C=O) groups is 3. The van der Waals surface area contributed by atoms with Crippen LogP contribution in [-0.2, 0) is 22.7 Å². The number of amides is 4. The zero-order chi connectivity index (χ0) is 20.4. The highest BCUT2D eigenvalue weighted by atomic mass is 16.7. The van der Waals surface area contributed by atoms with Crippen molar-refractivity contribution in [3.05, 3.63) is 59.2 Å². The van der Waals surface area contributed by atoms with Gasteiger partial charge in [0.2, 0.25) is 18.6 Å². The largest absolute Gasteiger partial charge is 0.454 e. The Bertz CT molecular complexity index is 957. The summed E-state index contributed by atoms with van der Waals surface area (Å²) in [6.07, 6.45) is 0. The monoisotopic (exact) mass is 395 g/mol. The van der Waals surface area contributed by atoms with Crippen LogP contribution in [0.5, 0.6) is 11.5 Å². The number of nitrogens with one attached hydrogen (secondary N) is 1. The highest BCUT2D eigenvalue weighted by molar-refractivity contribution is 6.03. The van der Waals surface area contributed by atoms with Crippen LogP contribution in [0.3, 0.4) is 0 Å².